The van der Waals surface area contributed by atoms with Crippen molar-refractivity contribution in [3.8, 4) is 11.1 Å². The van der Waals surface area contributed by atoms with Crippen LogP contribution in [0.2, 0.25) is 0 Å². The van der Waals surface area contributed by atoms with Gasteiger partial charge in [-0.2, -0.15) is 4.39 Å². The summed E-state index contributed by atoms with van der Waals surface area (Å²) in [5.74, 6) is -0.530. The standard InChI is InChI=1S/C22H22BrFN2O2S2/c1-22(2,3)18(28-21(27)25-4)17-12-16(15-9-6-10-26-19(15)24)20(30-17)29-14-8-5-7-13(23)11-14/h5-12,18H,1-4H3,(H,25,27). The number of nitrogens with one attached hydrogen (secondary N) is 1. The number of carbonyl (C=O) groups is 1. The van der Waals surface area contributed by atoms with E-state index in [1.54, 1.807) is 23.9 Å². The minimum Gasteiger partial charge on any atom is -0.440 e. The van der Waals surface area contributed by atoms with Crippen LogP contribution < -0.4 is 5.32 Å². The summed E-state index contributed by atoms with van der Waals surface area (Å²) in [6.07, 6.45) is 0.441. The molecule has 0 spiro atoms. The molecule has 0 aliphatic carbocycles. The van der Waals surface area contributed by atoms with E-state index < -0.39 is 18.1 Å². The first-order chi connectivity index (χ1) is 14.2. The van der Waals surface area contributed by atoms with Gasteiger partial charge in [0.2, 0.25) is 5.95 Å². The third-order valence-electron chi connectivity index (χ3n) is 4.25. The summed E-state index contributed by atoms with van der Waals surface area (Å²) in [4.78, 5) is 17.7. The van der Waals surface area contributed by atoms with E-state index in [1.165, 1.54) is 24.6 Å². The van der Waals surface area contributed by atoms with E-state index in [4.69, 9.17) is 4.74 Å². The maximum absolute atomic E-state index is 14.5. The van der Waals surface area contributed by atoms with E-state index >= 15 is 0 Å². The molecule has 1 aromatic carbocycles. The third-order valence-corrected chi connectivity index (χ3v) is 7.11. The number of alkyl carbamates (subject to hydrolysis) is 1. The highest BCUT2D eigenvalue weighted by Crippen LogP contribution is 2.48. The van der Waals surface area contributed by atoms with Gasteiger partial charge in [-0.3, -0.25) is 0 Å². The van der Waals surface area contributed by atoms with Crippen LogP contribution in [0, 0.1) is 11.4 Å². The molecule has 2 heterocycles. The van der Waals surface area contributed by atoms with Crippen molar-refractivity contribution in [2.45, 2.75) is 36.0 Å². The molecular formula is C22H22BrFN2O2S2. The summed E-state index contributed by atoms with van der Waals surface area (Å²) in [7, 11) is 1.53. The molecule has 0 radical (unpaired) electrons. The highest BCUT2D eigenvalue weighted by atomic mass is 79.9. The zero-order chi connectivity index (χ0) is 21.9. The van der Waals surface area contributed by atoms with Crippen LogP contribution in [0.4, 0.5) is 9.18 Å². The molecule has 0 bridgehead atoms. The maximum Gasteiger partial charge on any atom is 0.407 e. The molecule has 0 aliphatic rings. The van der Waals surface area contributed by atoms with Gasteiger partial charge in [0.15, 0.2) is 0 Å². The van der Waals surface area contributed by atoms with Crippen LogP contribution in [0.5, 0.6) is 0 Å². The number of nitrogens with zero attached hydrogens (tertiary/aromatic N) is 1. The molecule has 3 rings (SSSR count). The molecule has 4 nitrogen and oxygen atoms in total. The number of amides is 1. The van der Waals surface area contributed by atoms with Gasteiger partial charge >= 0.3 is 6.09 Å². The molecule has 30 heavy (non-hydrogen) atoms. The summed E-state index contributed by atoms with van der Waals surface area (Å²) in [5, 5.41) is 2.51. The first-order valence-corrected chi connectivity index (χ1v) is 11.7. The maximum atomic E-state index is 14.5. The second-order valence-corrected chi connectivity index (χ2v) is 11.0. The number of ether oxygens (including phenoxy) is 1. The normalized spacial score (nSPS) is 12.5. The molecule has 1 N–H and O–H groups in total. The SMILES string of the molecule is CNC(=O)OC(c1cc(-c2cccnc2F)c(Sc2cccc(Br)c2)s1)C(C)(C)C. The smallest absolute Gasteiger partial charge is 0.407 e. The molecule has 1 unspecified atom stereocenters. The Bertz CT molecular complexity index is 1050. The first-order valence-electron chi connectivity index (χ1n) is 9.25. The molecule has 0 fully saturated rings. The second kappa shape index (κ2) is 9.49. The Balaban J connectivity index is 2.11. The number of rotatable bonds is 5. The van der Waals surface area contributed by atoms with Crippen LogP contribution in [-0.4, -0.2) is 18.1 Å². The Kier molecular flexibility index (Phi) is 7.21. The molecule has 0 saturated heterocycles. The van der Waals surface area contributed by atoms with Crippen LogP contribution in [0.3, 0.4) is 0 Å². The van der Waals surface area contributed by atoms with E-state index in [1.807, 2.05) is 51.1 Å². The number of pyridine rings is 1. The van der Waals surface area contributed by atoms with E-state index in [9.17, 15) is 9.18 Å². The predicted octanol–water partition coefficient (Wildman–Crippen LogP) is 7.31. The molecule has 8 heteroatoms. The molecule has 158 valence electrons. The van der Waals surface area contributed by atoms with Gasteiger partial charge in [0.05, 0.1) is 4.21 Å². The average Bonchev–Trinajstić information content (AvgIpc) is 3.08. The minimum absolute atomic E-state index is 0.347. The highest BCUT2D eigenvalue weighted by molar-refractivity contribution is 9.10. The third kappa shape index (κ3) is 5.42. The van der Waals surface area contributed by atoms with Crippen molar-refractivity contribution in [3.05, 3.63) is 64.0 Å². The average molecular weight is 509 g/mol. The van der Waals surface area contributed by atoms with Crippen molar-refractivity contribution in [2.24, 2.45) is 5.41 Å². The molecular weight excluding hydrogens is 487 g/mol. The van der Waals surface area contributed by atoms with E-state index in [0.29, 0.717) is 5.56 Å². The Morgan fingerprint density at radius 1 is 1.23 bits per heavy atom. The van der Waals surface area contributed by atoms with Crippen molar-refractivity contribution >= 4 is 45.1 Å². The van der Waals surface area contributed by atoms with Gasteiger partial charge in [-0.05, 0) is 36.4 Å². The van der Waals surface area contributed by atoms with Crippen molar-refractivity contribution in [1.29, 1.82) is 0 Å². The summed E-state index contributed by atoms with van der Waals surface area (Å²) < 4.78 is 22.1. The van der Waals surface area contributed by atoms with Gasteiger partial charge in [-0.15, -0.1) is 11.3 Å². The number of thiophene rings is 1. The Hall–Kier alpha value is -1.90. The lowest BCUT2D eigenvalue weighted by Crippen LogP contribution is -2.28. The first kappa shape index (κ1) is 22.8. The van der Waals surface area contributed by atoms with Gasteiger partial charge in [0.1, 0.15) is 6.10 Å². The van der Waals surface area contributed by atoms with Crippen LogP contribution in [0.1, 0.15) is 31.8 Å². The van der Waals surface area contributed by atoms with Gasteiger partial charge in [-0.1, -0.05) is 54.5 Å². The molecule has 3 aromatic rings. The van der Waals surface area contributed by atoms with Crippen LogP contribution in [0.15, 0.2) is 62.2 Å². The van der Waals surface area contributed by atoms with E-state index in [2.05, 4.69) is 26.2 Å². The lowest BCUT2D eigenvalue weighted by molar-refractivity contribution is 0.0338. The fourth-order valence-electron chi connectivity index (χ4n) is 2.84. The zero-order valence-corrected chi connectivity index (χ0v) is 20.3. The van der Waals surface area contributed by atoms with Crippen molar-refractivity contribution in [1.82, 2.24) is 10.3 Å². The summed E-state index contributed by atoms with van der Waals surface area (Å²) >= 11 is 6.54. The monoisotopic (exact) mass is 508 g/mol. The highest BCUT2D eigenvalue weighted by Gasteiger charge is 2.33. The number of hydrogen-bond donors (Lipinski definition) is 1. The van der Waals surface area contributed by atoms with Crippen LogP contribution in [0.25, 0.3) is 11.1 Å². The second-order valence-electron chi connectivity index (χ2n) is 7.65. The van der Waals surface area contributed by atoms with Gasteiger partial charge < -0.3 is 10.1 Å². The molecule has 1 amide bonds. The number of aromatic nitrogens is 1. The number of carbonyl (C=O) groups excluding carboxylic acids is 1. The fraction of sp³-hybridized carbons (Fsp3) is 0.273. The van der Waals surface area contributed by atoms with Crippen molar-refractivity contribution < 1.29 is 13.9 Å². The summed E-state index contributed by atoms with van der Waals surface area (Å²) in [6, 6.07) is 13.3. The van der Waals surface area contributed by atoms with Crippen molar-refractivity contribution in [2.75, 3.05) is 7.05 Å². The number of benzene rings is 1. The molecule has 0 aliphatic heterocycles. The number of halogens is 2. The molecule has 2 aromatic heterocycles. The summed E-state index contributed by atoms with van der Waals surface area (Å²) in [6.45, 7) is 6.02. The van der Waals surface area contributed by atoms with Crippen LogP contribution in [-0.2, 0) is 4.74 Å². The van der Waals surface area contributed by atoms with E-state index in [0.717, 1.165) is 24.0 Å². The van der Waals surface area contributed by atoms with Crippen molar-refractivity contribution in [3.63, 3.8) is 0 Å². The lowest BCUT2D eigenvalue weighted by Gasteiger charge is -2.29. The van der Waals surface area contributed by atoms with Gasteiger partial charge in [0.25, 0.3) is 0 Å². The predicted molar refractivity (Wildman–Crippen MR) is 124 cm³/mol. The number of hydrogen-bond acceptors (Lipinski definition) is 5. The Labute approximate surface area is 192 Å². The largest absolute Gasteiger partial charge is 0.440 e. The Morgan fingerprint density at radius 2 is 2.00 bits per heavy atom. The summed E-state index contributed by atoms with van der Waals surface area (Å²) in [5.41, 5.74) is 0.810. The lowest BCUT2D eigenvalue weighted by atomic mass is 9.87. The quantitative estimate of drug-likeness (QED) is 0.367. The Morgan fingerprint density at radius 3 is 2.63 bits per heavy atom. The molecule has 1 atom stereocenters. The van der Waals surface area contributed by atoms with Gasteiger partial charge in [0, 0.05) is 44.0 Å². The zero-order valence-electron chi connectivity index (χ0n) is 17.0. The van der Waals surface area contributed by atoms with E-state index in [-0.39, 0.29) is 5.41 Å². The van der Waals surface area contributed by atoms with Crippen LogP contribution >= 0.6 is 39.0 Å². The minimum atomic E-state index is -0.530. The fourth-order valence-corrected chi connectivity index (χ4v) is 6.14. The van der Waals surface area contributed by atoms with Gasteiger partial charge in [-0.25, -0.2) is 9.78 Å². The topological polar surface area (TPSA) is 51.2 Å². The molecule has 0 saturated carbocycles.